The number of primary amides is 1. The number of hydrogen-bond acceptors (Lipinski definition) is 6. The maximum atomic E-state index is 12.2. The maximum absolute atomic E-state index is 12.2. The molecule has 0 saturated carbocycles. The first kappa shape index (κ1) is 18.4. The van der Waals surface area contributed by atoms with E-state index < -0.39 is 20.9 Å². The Morgan fingerprint density at radius 3 is 2.44 bits per heavy atom. The van der Waals surface area contributed by atoms with Gasteiger partial charge in [0.05, 0.1) is 9.82 Å². The number of carbonyl (C=O) groups excluding carboxylic acids is 1. The van der Waals surface area contributed by atoms with Gasteiger partial charge in [0.25, 0.3) is 5.69 Å². The van der Waals surface area contributed by atoms with Crippen molar-refractivity contribution in [3.63, 3.8) is 0 Å². The lowest BCUT2D eigenvalue weighted by Crippen LogP contribution is -2.22. The molecule has 0 aromatic heterocycles. The Balaban J connectivity index is 2.44. The molecule has 0 aliphatic rings. The third-order valence-corrected chi connectivity index (χ3v) is 5.18. The molecule has 132 valence electrons. The molecule has 0 bridgehead atoms. The highest BCUT2D eigenvalue weighted by Gasteiger charge is 2.19. The van der Waals surface area contributed by atoms with Crippen LogP contribution in [0.2, 0.25) is 0 Å². The normalized spacial score (nSPS) is 11.3. The van der Waals surface area contributed by atoms with Crippen molar-refractivity contribution >= 4 is 33.0 Å². The van der Waals surface area contributed by atoms with Crippen molar-refractivity contribution in [1.29, 1.82) is 0 Å². The Kier molecular flexibility index (Phi) is 5.04. The number of nitrogens with zero attached hydrogens (tertiary/aromatic N) is 2. The molecule has 0 unspecified atom stereocenters. The summed E-state index contributed by atoms with van der Waals surface area (Å²) < 4.78 is 25.4. The van der Waals surface area contributed by atoms with Crippen LogP contribution in [0.15, 0.2) is 47.4 Å². The van der Waals surface area contributed by atoms with Crippen molar-refractivity contribution in [3.05, 3.63) is 58.1 Å². The van der Waals surface area contributed by atoms with Crippen LogP contribution < -0.4 is 11.1 Å². The average Bonchev–Trinajstić information content (AvgIpc) is 2.54. The fraction of sp³-hybridized carbons (Fsp3) is 0.133. The first-order valence-electron chi connectivity index (χ1n) is 7.01. The van der Waals surface area contributed by atoms with E-state index in [1.807, 2.05) is 0 Å². The summed E-state index contributed by atoms with van der Waals surface area (Å²) in [6.07, 6.45) is 0. The summed E-state index contributed by atoms with van der Waals surface area (Å²) in [6.45, 7) is 0. The Hall–Kier alpha value is -2.98. The summed E-state index contributed by atoms with van der Waals surface area (Å²) in [6, 6.07) is 9.61. The van der Waals surface area contributed by atoms with Gasteiger partial charge in [-0.05, 0) is 30.3 Å². The average molecular weight is 364 g/mol. The highest BCUT2D eigenvalue weighted by molar-refractivity contribution is 7.89. The minimum absolute atomic E-state index is 0.00110. The van der Waals surface area contributed by atoms with Gasteiger partial charge in [-0.15, -0.1) is 0 Å². The van der Waals surface area contributed by atoms with E-state index in [4.69, 9.17) is 5.73 Å². The summed E-state index contributed by atoms with van der Waals surface area (Å²) in [5.74, 6) is -0.784. The number of hydrogen-bond donors (Lipinski definition) is 2. The fourth-order valence-electron chi connectivity index (χ4n) is 2.04. The number of rotatable bonds is 6. The molecule has 2 rings (SSSR count). The molecular formula is C15H16N4O5S. The predicted octanol–water partition coefficient (Wildman–Crippen LogP) is 1.69. The molecule has 0 aliphatic carbocycles. The highest BCUT2D eigenvalue weighted by Crippen LogP contribution is 2.29. The van der Waals surface area contributed by atoms with E-state index in [-0.39, 0.29) is 21.8 Å². The third kappa shape index (κ3) is 3.92. The van der Waals surface area contributed by atoms with E-state index in [0.29, 0.717) is 5.69 Å². The fourth-order valence-corrected chi connectivity index (χ4v) is 2.99. The van der Waals surface area contributed by atoms with Crippen LogP contribution in [0.1, 0.15) is 10.4 Å². The smallest absolute Gasteiger partial charge is 0.293 e. The lowest BCUT2D eigenvalue weighted by Gasteiger charge is -2.13. The van der Waals surface area contributed by atoms with Crippen molar-refractivity contribution in [2.45, 2.75) is 4.90 Å². The minimum Gasteiger partial charge on any atom is -0.366 e. The molecule has 2 aromatic rings. The lowest BCUT2D eigenvalue weighted by molar-refractivity contribution is -0.383. The second-order valence-corrected chi connectivity index (χ2v) is 7.45. The second-order valence-electron chi connectivity index (χ2n) is 5.29. The van der Waals surface area contributed by atoms with Crippen LogP contribution in [-0.2, 0) is 10.0 Å². The van der Waals surface area contributed by atoms with E-state index in [2.05, 4.69) is 5.32 Å². The summed E-state index contributed by atoms with van der Waals surface area (Å²) in [5.41, 5.74) is 5.23. The van der Waals surface area contributed by atoms with Gasteiger partial charge in [0, 0.05) is 31.4 Å². The summed E-state index contributed by atoms with van der Waals surface area (Å²) in [4.78, 5) is 21.8. The Bertz CT molecular complexity index is 941. The molecule has 0 spiro atoms. The monoisotopic (exact) mass is 364 g/mol. The second kappa shape index (κ2) is 6.87. The number of benzene rings is 2. The summed E-state index contributed by atoms with van der Waals surface area (Å²) in [7, 11) is -0.827. The van der Waals surface area contributed by atoms with Gasteiger partial charge in [-0.1, -0.05) is 6.07 Å². The third-order valence-electron chi connectivity index (χ3n) is 3.37. The van der Waals surface area contributed by atoms with Gasteiger partial charge in [-0.2, -0.15) is 0 Å². The first-order chi connectivity index (χ1) is 11.6. The molecule has 25 heavy (non-hydrogen) atoms. The molecule has 3 N–H and O–H groups in total. The standard InChI is InChI=1S/C15H16N4O5S/c1-18(2)25(23,24)12-5-3-4-11(9-12)17-13-7-6-10(15(16)20)8-14(13)19(21)22/h3-9,17H,1-2H3,(H2,16,20). The maximum Gasteiger partial charge on any atom is 0.293 e. The predicted molar refractivity (Wildman–Crippen MR) is 92.2 cm³/mol. The molecule has 0 radical (unpaired) electrons. The van der Waals surface area contributed by atoms with E-state index in [0.717, 1.165) is 10.4 Å². The quantitative estimate of drug-likeness (QED) is 0.591. The number of nitrogens with two attached hydrogens (primary N) is 1. The van der Waals surface area contributed by atoms with E-state index in [9.17, 15) is 23.3 Å². The topological polar surface area (TPSA) is 136 Å². The van der Waals surface area contributed by atoms with Gasteiger partial charge in [0.1, 0.15) is 5.69 Å². The van der Waals surface area contributed by atoms with Crippen LogP contribution in [0.4, 0.5) is 17.1 Å². The van der Waals surface area contributed by atoms with E-state index >= 15 is 0 Å². The van der Waals surface area contributed by atoms with Crippen molar-refractivity contribution in [3.8, 4) is 0 Å². The van der Waals surface area contributed by atoms with Gasteiger partial charge in [0.15, 0.2) is 0 Å². The van der Waals surface area contributed by atoms with Crippen molar-refractivity contribution in [2.24, 2.45) is 5.73 Å². The molecular weight excluding hydrogens is 348 g/mol. The highest BCUT2D eigenvalue weighted by atomic mass is 32.2. The van der Waals surface area contributed by atoms with Crippen LogP contribution in [0, 0.1) is 10.1 Å². The molecule has 10 heteroatoms. The van der Waals surface area contributed by atoms with Gasteiger partial charge < -0.3 is 11.1 Å². The number of nitro benzene ring substituents is 1. The van der Waals surface area contributed by atoms with Crippen LogP contribution in [0.3, 0.4) is 0 Å². The van der Waals surface area contributed by atoms with Gasteiger partial charge in [-0.3, -0.25) is 14.9 Å². The molecule has 0 aliphatic heterocycles. The van der Waals surface area contributed by atoms with E-state index in [1.54, 1.807) is 6.07 Å². The zero-order chi connectivity index (χ0) is 18.8. The molecule has 1 amide bonds. The van der Waals surface area contributed by atoms with E-state index in [1.165, 1.54) is 44.4 Å². The lowest BCUT2D eigenvalue weighted by atomic mass is 10.1. The molecule has 0 heterocycles. The minimum atomic E-state index is -3.64. The first-order valence-corrected chi connectivity index (χ1v) is 8.45. The molecule has 9 nitrogen and oxygen atoms in total. The van der Waals surface area contributed by atoms with Crippen molar-refractivity contribution < 1.29 is 18.1 Å². The van der Waals surface area contributed by atoms with Crippen molar-refractivity contribution in [2.75, 3.05) is 19.4 Å². The summed E-state index contributed by atoms with van der Waals surface area (Å²) >= 11 is 0. The number of anilines is 2. The number of amides is 1. The van der Waals surface area contributed by atoms with Crippen LogP contribution in [0.5, 0.6) is 0 Å². The van der Waals surface area contributed by atoms with Crippen LogP contribution >= 0.6 is 0 Å². The summed E-state index contributed by atoms with van der Waals surface area (Å²) in [5, 5.41) is 14.0. The number of nitrogens with one attached hydrogen (secondary N) is 1. The molecule has 0 fully saturated rings. The Morgan fingerprint density at radius 1 is 1.20 bits per heavy atom. The zero-order valence-corrected chi connectivity index (χ0v) is 14.3. The van der Waals surface area contributed by atoms with Crippen LogP contribution in [-0.4, -0.2) is 37.6 Å². The molecule has 0 saturated heterocycles. The molecule has 2 aromatic carbocycles. The number of carbonyl (C=O) groups is 1. The van der Waals surface area contributed by atoms with Crippen LogP contribution in [0.25, 0.3) is 0 Å². The molecule has 0 atom stereocenters. The van der Waals surface area contributed by atoms with Gasteiger partial charge >= 0.3 is 0 Å². The number of nitro groups is 1. The Morgan fingerprint density at radius 2 is 1.88 bits per heavy atom. The zero-order valence-electron chi connectivity index (χ0n) is 13.5. The number of sulfonamides is 1. The Labute approximate surface area is 144 Å². The van der Waals surface area contributed by atoms with Gasteiger partial charge in [-0.25, -0.2) is 12.7 Å². The van der Waals surface area contributed by atoms with Crippen molar-refractivity contribution in [1.82, 2.24) is 4.31 Å². The van der Waals surface area contributed by atoms with Gasteiger partial charge in [0.2, 0.25) is 15.9 Å². The largest absolute Gasteiger partial charge is 0.366 e. The SMILES string of the molecule is CN(C)S(=O)(=O)c1cccc(Nc2ccc(C(N)=O)cc2[N+](=O)[O-])c1.